The number of hydrogen-bond acceptors (Lipinski definition) is 3. The van der Waals surface area contributed by atoms with Crippen LogP contribution < -0.4 is 0 Å². The standard InChI is InChI=1S/Be.H3O3P.2H/c;1-4(2)3;;/h;1-3H;;/q+2;;2*-1. The first-order valence-electron chi connectivity index (χ1n) is 0.600. The Morgan fingerprint density at radius 3 is 1.20 bits per heavy atom. The Balaban J connectivity index is -0.0000000150. The Bertz CT molecular complexity index is 17.7. The average Bonchev–Trinajstić information content (AvgIpc) is 0.811. The van der Waals surface area contributed by atoms with Gasteiger partial charge in [0, 0.05) is 0 Å². The van der Waals surface area contributed by atoms with Gasteiger partial charge in [0.25, 0.3) is 0 Å². The second-order valence-electron chi connectivity index (χ2n) is 0.268. The summed E-state index contributed by atoms with van der Waals surface area (Å²) in [6.07, 6.45) is 0. The van der Waals surface area contributed by atoms with Crippen LogP contribution in [0.5, 0.6) is 0 Å². The second-order valence-corrected chi connectivity index (χ2v) is 0.805. The van der Waals surface area contributed by atoms with E-state index in [0.717, 1.165) is 0 Å². The first-order valence-corrected chi connectivity index (χ1v) is 1.80. The van der Waals surface area contributed by atoms with Crippen LogP contribution in [0.1, 0.15) is 2.85 Å². The van der Waals surface area contributed by atoms with E-state index in [1.165, 1.54) is 0 Å². The molecule has 0 aromatic heterocycles. The molecule has 0 aliphatic carbocycles. The van der Waals surface area contributed by atoms with Crippen LogP contribution in [0.3, 0.4) is 0 Å². The van der Waals surface area contributed by atoms with Gasteiger partial charge in [-0.15, -0.1) is 0 Å². The minimum atomic E-state index is -2.62. The van der Waals surface area contributed by atoms with Gasteiger partial charge in [0.05, 0.1) is 0 Å². The molecule has 5 heavy (non-hydrogen) atoms. The fourth-order valence-electron chi connectivity index (χ4n) is 0. The van der Waals surface area contributed by atoms with Crippen LogP contribution in [0.4, 0.5) is 0 Å². The summed E-state index contributed by atoms with van der Waals surface area (Å²) >= 11 is 0. The van der Waals surface area contributed by atoms with Crippen LogP contribution in [-0.2, 0) is 0 Å². The zero-order chi connectivity index (χ0) is 3.58. The number of hydrogen-bond donors (Lipinski definition) is 3. The molecule has 3 nitrogen and oxygen atoms in total. The van der Waals surface area contributed by atoms with Crippen molar-refractivity contribution < 1.29 is 17.5 Å². The summed E-state index contributed by atoms with van der Waals surface area (Å²) in [7, 11) is -2.62. The van der Waals surface area contributed by atoms with Crippen molar-refractivity contribution in [3.8, 4) is 0 Å². The van der Waals surface area contributed by atoms with E-state index in [1.807, 2.05) is 0 Å². The van der Waals surface area contributed by atoms with E-state index in [0.29, 0.717) is 0 Å². The molecule has 0 bridgehead atoms. The molecular formula is H5BeO3P. The van der Waals surface area contributed by atoms with Crippen LogP contribution in [0.15, 0.2) is 0 Å². The van der Waals surface area contributed by atoms with Crippen molar-refractivity contribution in [2.75, 3.05) is 0 Å². The van der Waals surface area contributed by atoms with Crippen molar-refractivity contribution in [3.63, 3.8) is 0 Å². The summed E-state index contributed by atoms with van der Waals surface area (Å²) in [6.45, 7) is 0. The molecule has 0 atom stereocenters. The Labute approximate surface area is 37.5 Å². The molecule has 0 heterocycles. The molecule has 30 valence electrons. The first-order chi connectivity index (χ1) is 1.73. The zero-order valence-electron chi connectivity index (χ0n) is 4.50. The quantitative estimate of drug-likeness (QED) is 0.267. The summed E-state index contributed by atoms with van der Waals surface area (Å²) in [6, 6.07) is 0. The molecule has 0 saturated carbocycles. The van der Waals surface area contributed by atoms with Gasteiger partial charge in [-0.3, -0.25) is 0 Å². The van der Waals surface area contributed by atoms with E-state index in [-0.39, 0.29) is 13.0 Å². The van der Waals surface area contributed by atoms with Crippen molar-refractivity contribution >= 4 is 18.7 Å². The monoisotopic (exact) mass is 93.0 g/mol. The molecule has 3 N–H and O–H groups in total. The maximum Gasteiger partial charge on any atom is 2.00 e. The zero-order valence-corrected chi connectivity index (χ0v) is 3.39. The normalized spacial score (nSPS) is 7.20. The van der Waals surface area contributed by atoms with Gasteiger partial charge in [-0.2, -0.15) is 0 Å². The fourth-order valence-corrected chi connectivity index (χ4v) is 0. The van der Waals surface area contributed by atoms with E-state index in [2.05, 4.69) is 0 Å². The molecule has 0 aromatic carbocycles. The van der Waals surface area contributed by atoms with Crippen molar-refractivity contribution in [3.05, 3.63) is 0 Å². The van der Waals surface area contributed by atoms with E-state index in [4.69, 9.17) is 14.7 Å². The molecule has 0 aliphatic heterocycles. The summed E-state index contributed by atoms with van der Waals surface area (Å²) in [5.41, 5.74) is 0. The Hall–Kier alpha value is 0.479. The molecule has 0 unspecified atom stereocenters. The van der Waals surface area contributed by atoms with E-state index >= 15 is 0 Å². The third kappa shape index (κ3) is 120. The summed E-state index contributed by atoms with van der Waals surface area (Å²) in [5.74, 6) is 0. The SMILES string of the molecule is OP(O)O.[Be+2].[H-].[H-]. The maximum atomic E-state index is 7.23. The van der Waals surface area contributed by atoms with Crippen LogP contribution in [-0.4, -0.2) is 24.8 Å². The summed E-state index contributed by atoms with van der Waals surface area (Å²) in [4.78, 5) is 21.7. The minimum Gasteiger partial charge on any atom is -1.00 e. The van der Waals surface area contributed by atoms with Gasteiger partial charge in [-0.25, -0.2) is 0 Å². The average molecular weight is 93.0 g/mol. The predicted octanol–water partition coefficient (Wildman–Crippen LogP) is -0.966. The van der Waals surface area contributed by atoms with Crippen molar-refractivity contribution in [1.29, 1.82) is 0 Å². The van der Waals surface area contributed by atoms with Crippen LogP contribution in [0.25, 0.3) is 0 Å². The minimum absolute atomic E-state index is 0. The van der Waals surface area contributed by atoms with E-state index < -0.39 is 8.60 Å². The molecule has 0 rings (SSSR count). The molecule has 0 saturated heterocycles. The van der Waals surface area contributed by atoms with E-state index in [9.17, 15) is 0 Å². The molecule has 5 heteroatoms. The van der Waals surface area contributed by atoms with Crippen molar-refractivity contribution in [2.24, 2.45) is 0 Å². The fraction of sp³-hybridized carbons (Fsp3) is 0. The van der Waals surface area contributed by atoms with Gasteiger partial charge in [-0.1, -0.05) is 0 Å². The van der Waals surface area contributed by atoms with Gasteiger partial charge in [0.15, 0.2) is 0 Å². The third-order valence-corrected chi connectivity index (χ3v) is 0. The van der Waals surface area contributed by atoms with Gasteiger partial charge >= 0.3 is 18.7 Å². The Kier molecular flexibility index (Phi) is 8.13. The third-order valence-electron chi connectivity index (χ3n) is 0. The van der Waals surface area contributed by atoms with E-state index in [1.54, 1.807) is 0 Å². The molecule has 0 radical (unpaired) electrons. The van der Waals surface area contributed by atoms with Gasteiger partial charge < -0.3 is 17.5 Å². The molecule has 0 amide bonds. The Morgan fingerprint density at radius 2 is 1.20 bits per heavy atom. The smallest absolute Gasteiger partial charge is 1.00 e. The first kappa shape index (κ1) is 9.08. The molecule has 0 aromatic rings. The molecule has 0 aliphatic rings. The van der Waals surface area contributed by atoms with Gasteiger partial charge in [0.2, 0.25) is 0 Å². The Morgan fingerprint density at radius 1 is 1.20 bits per heavy atom. The van der Waals surface area contributed by atoms with Gasteiger partial charge in [0.1, 0.15) is 0 Å². The van der Waals surface area contributed by atoms with Crippen molar-refractivity contribution in [1.82, 2.24) is 0 Å². The summed E-state index contributed by atoms with van der Waals surface area (Å²) in [5, 5.41) is 0. The largest absolute Gasteiger partial charge is 2.00 e. The van der Waals surface area contributed by atoms with Crippen LogP contribution >= 0.6 is 8.60 Å². The predicted molar refractivity (Wildman–Crippen MR) is 21.6 cm³/mol. The van der Waals surface area contributed by atoms with Crippen LogP contribution in [0.2, 0.25) is 0 Å². The number of rotatable bonds is 0. The van der Waals surface area contributed by atoms with Crippen LogP contribution in [0, 0.1) is 0 Å². The molecule has 0 spiro atoms. The van der Waals surface area contributed by atoms with Gasteiger partial charge in [-0.05, 0) is 0 Å². The summed E-state index contributed by atoms with van der Waals surface area (Å²) < 4.78 is 0. The maximum absolute atomic E-state index is 7.23. The topological polar surface area (TPSA) is 60.7 Å². The molecule has 0 fully saturated rings. The second kappa shape index (κ2) is 4.48. The van der Waals surface area contributed by atoms with Crippen molar-refractivity contribution in [2.45, 2.75) is 0 Å². The molecular weight excluding hydrogens is 88.0 g/mol.